The number of benzene rings is 1. The summed E-state index contributed by atoms with van der Waals surface area (Å²) in [6.07, 6.45) is 0.184. The second kappa shape index (κ2) is 3.70. The summed E-state index contributed by atoms with van der Waals surface area (Å²) in [5.41, 5.74) is -0.428. The van der Waals surface area contributed by atoms with Crippen LogP contribution in [0.3, 0.4) is 0 Å². The Balaban J connectivity index is 3.45. The van der Waals surface area contributed by atoms with Crippen molar-refractivity contribution < 1.29 is 18.3 Å². The van der Waals surface area contributed by atoms with E-state index in [9.17, 15) is 13.6 Å². The number of hydrogen-bond donors (Lipinski definition) is 0. The van der Waals surface area contributed by atoms with Gasteiger partial charge in [0.25, 0.3) is 0 Å². The molecule has 0 bridgehead atoms. The SMILES string of the molecule is COc1c(Cl)cc(C=O)c(F)c1F. The molecule has 13 heavy (non-hydrogen) atoms. The quantitative estimate of drug-likeness (QED) is 0.549. The summed E-state index contributed by atoms with van der Waals surface area (Å²) in [4.78, 5) is 10.2. The van der Waals surface area contributed by atoms with Crippen molar-refractivity contribution in [3.05, 3.63) is 28.3 Å². The number of rotatable bonds is 2. The average molecular weight is 207 g/mol. The van der Waals surface area contributed by atoms with Gasteiger partial charge in [-0.15, -0.1) is 0 Å². The van der Waals surface area contributed by atoms with Gasteiger partial charge in [0.15, 0.2) is 17.9 Å². The van der Waals surface area contributed by atoms with E-state index in [0.717, 1.165) is 13.2 Å². The molecule has 0 fully saturated rings. The topological polar surface area (TPSA) is 26.3 Å². The molecular formula is C8H5ClF2O2. The molecule has 0 N–H and O–H groups in total. The van der Waals surface area contributed by atoms with E-state index in [0.29, 0.717) is 0 Å². The maximum Gasteiger partial charge on any atom is 0.202 e. The predicted molar refractivity (Wildman–Crippen MR) is 43.3 cm³/mol. The van der Waals surface area contributed by atoms with Gasteiger partial charge < -0.3 is 4.74 Å². The van der Waals surface area contributed by atoms with E-state index in [-0.39, 0.29) is 11.3 Å². The van der Waals surface area contributed by atoms with Gasteiger partial charge >= 0.3 is 0 Å². The van der Waals surface area contributed by atoms with Gasteiger partial charge in [0.2, 0.25) is 5.82 Å². The molecule has 0 aliphatic carbocycles. The van der Waals surface area contributed by atoms with E-state index in [1.54, 1.807) is 0 Å². The summed E-state index contributed by atoms with van der Waals surface area (Å²) < 4.78 is 30.3. The first-order valence-electron chi connectivity index (χ1n) is 3.28. The van der Waals surface area contributed by atoms with Gasteiger partial charge in [0.1, 0.15) is 0 Å². The normalized spacial score (nSPS) is 9.85. The van der Waals surface area contributed by atoms with Gasteiger partial charge in [-0.05, 0) is 6.07 Å². The lowest BCUT2D eigenvalue weighted by Crippen LogP contribution is -1.97. The van der Waals surface area contributed by atoms with Gasteiger partial charge in [-0.3, -0.25) is 4.79 Å². The van der Waals surface area contributed by atoms with Crippen molar-refractivity contribution in [2.45, 2.75) is 0 Å². The molecule has 0 unspecified atom stereocenters. The lowest BCUT2D eigenvalue weighted by Gasteiger charge is -2.05. The van der Waals surface area contributed by atoms with Crippen molar-refractivity contribution in [3.63, 3.8) is 0 Å². The van der Waals surface area contributed by atoms with Crippen molar-refractivity contribution in [2.75, 3.05) is 7.11 Å². The van der Waals surface area contributed by atoms with Gasteiger partial charge in [-0.2, -0.15) is 4.39 Å². The Labute approximate surface area is 78.1 Å². The van der Waals surface area contributed by atoms with Crippen LogP contribution in [0.5, 0.6) is 5.75 Å². The average Bonchev–Trinajstić information content (AvgIpc) is 2.12. The Morgan fingerprint density at radius 3 is 2.54 bits per heavy atom. The minimum Gasteiger partial charge on any atom is -0.492 e. The Kier molecular flexibility index (Phi) is 2.83. The molecule has 2 nitrogen and oxygen atoms in total. The second-order valence-corrected chi connectivity index (χ2v) is 2.63. The first-order valence-corrected chi connectivity index (χ1v) is 3.66. The molecule has 0 saturated heterocycles. The number of carbonyl (C=O) groups excluding carboxylic acids is 1. The Morgan fingerprint density at radius 2 is 2.08 bits per heavy atom. The van der Waals surface area contributed by atoms with Crippen LogP contribution in [0.25, 0.3) is 0 Å². The minimum atomic E-state index is -1.25. The van der Waals surface area contributed by atoms with E-state index in [1.165, 1.54) is 0 Å². The number of hydrogen-bond acceptors (Lipinski definition) is 2. The van der Waals surface area contributed by atoms with Crippen LogP contribution in [0.2, 0.25) is 5.02 Å². The number of halogens is 3. The summed E-state index contributed by atoms with van der Waals surface area (Å²) in [6, 6.07) is 1.01. The van der Waals surface area contributed by atoms with Crippen molar-refractivity contribution in [3.8, 4) is 5.75 Å². The summed E-state index contributed by atoms with van der Waals surface area (Å²) >= 11 is 5.49. The van der Waals surface area contributed by atoms with Crippen LogP contribution in [0, 0.1) is 11.6 Å². The molecule has 0 heterocycles. The first kappa shape index (κ1) is 9.92. The number of ether oxygens (including phenoxy) is 1. The zero-order chi connectivity index (χ0) is 10.0. The standard InChI is InChI=1S/C8H5ClF2O2/c1-13-8-5(9)2-4(3-12)6(10)7(8)11/h2-3H,1H3. The van der Waals surface area contributed by atoms with Crippen LogP contribution in [-0.4, -0.2) is 13.4 Å². The molecule has 0 atom stereocenters. The van der Waals surface area contributed by atoms with E-state index >= 15 is 0 Å². The van der Waals surface area contributed by atoms with E-state index in [4.69, 9.17) is 11.6 Å². The zero-order valence-electron chi connectivity index (χ0n) is 6.61. The van der Waals surface area contributed by atoms with E-state index < -0.39 is 22.9 Å². The molecule has 0 aliphatic rings. The highest BCUT2D eigenvalue weighted by Gasteiger charge is 2.17. The molecule has 0 aromatic heterocycles. The molecule has 1 rings (SSSR count). The fourth-order valence-corrected chi connectivity index (χ4v) is 1.15. The Morgan fingerprint density at radius 1 is 1.46 bits per heavy atom. The molecule has 0 saturated carbocycles. The fraction of sp³-hybridized carbons (Fsp3) is 0.125. The van der Waals surface area contributed by atoms with E-state index in [2.05, 4.69) is 4.74 Å². The van der Waals surface area contributed by atoms with Crippen molar-refractivity contribution in [1.82, 2.24) is 0 Å². The van der Waals surface area contributed by atoms with Crippen LogP contribution in [0.1, 0.15) is 10.4 Å². The Hall–Kier alpha value is -1.16. The third-order valence-electron chi connectivity index (χ3n) is 1.48. The molecule has 0 amide bonds. The van der Waals surface area contributed by atoms with E-state index in [1.807, 2.05) is 0 Å². The third-order valence-corrected chi connectivity index (χ3v) is 1.76. The monoisotopic (exact) mass is 206 g/mol. The summed E-state index contributed by atoms with van der Waals surface area (Å²) in [5.74, 6) is -2.90. The highest BCUT2D eigenvalue weighted by atomic mass is 35.5. The molecule has 5 heteroatoms. The van der Waals surface area contributed by atoms with Crippen LogP contribution >= 0.6 is 11.6 Å². The maximum absolute atomic E-state index is 13.0. The summed E-state index contributed by atoms with van der Waals surface area (Å²) in [5, 5.41) is -0.136. The minimum absolute atomic E-state index is 0.136. The third kappa shape index (κ3) is 1.62. The van der Waals surface area contributed by atoms with Crippen molar-refractivity contribution in [1.29, 1.82) is 0 Å². The number of carbonyl (C=O) groups is 1. The lowest BCUT2D eigenvalue weighted by molar-refractivity contribution is 0.111. The number of aldehydes is 1. The van der Waals surface area contributed by atoms with Crippen LogP contribution in [-0.2, 0) is 0 Å². The fourth-order valence-electron chi connectivity index (χ4n) is 0.870. The smallest absolute Gasteiger partial charge is 0.202 e. The highest BCUT2D eigenvalue weighted by molar-refractivity contribution is 6.32. The molecular weight excluding hydrogens is 202 g/mol. The van der Waals surface area contributed by atoms with Crippen molar-refractivity contribution >= 4 is 17.9 Å². The molecule has 70 valence electrons. The predicted octanol–water partition coefficient (Wildman–Crippen LogP) is 2.44. The van der Waals surface area contributed by atoms with Crippen LogP contribution < -0.4 is 4.74 Å². The summed E-state index contributed by atoms with van der Waals surface area (Å²) in [7, 11) is 1.16. The van der Waals surface area contributed by atoms with Gasteiger partial charge in [-0.25, -0.2) is 4.39 Å². The summed E-state index contributed by atoms with van der Waals surface area (Å²) in [6.45, 7) is 0. The lowest BCUT2D eigenvalue weighted by atomic mass is 10.2. The highest BCUT2D eigenvalue weighted by Crippen LogP contribution is 2.30. The largest absolute Gasteiger partial charge is 0.492 e. The molecule has 0 spiro atoms. The maximum atomic E-state index is 13.0. The first-order chi connectivity index (χ1) is 6.11. The molecule has 0 radical (unpaired) electrons. The zero-order valence-corrected chi connectivity index (χ0v) is 7.36. The van der Waals surface area contributed by atoms with Gasteiger partial charge in [0.05, 0.1) is 17.7 Å². The second-order valence-electron chi connectivity index (χ2n) is 2.23. The number of methoxy groups -OCH3 is 1. The molecule has 1 aromatic carbocycles. The Bertz CT molecular complexity index is 352. The molecule has 0 aliphatic heterocycles. The van der Waals surface area contributed by atoms with Gasteiger partial charge in [-0.1, -0.05) is 11.6 Å². The van der Waals surface area contributed by atoms with Crippen LogP contribution in [0.15, 0.2) is 6.07 Å². The van der Waals surface area contributed by atoms with Crippen LogP contribution in [0.4, 0.5) is 8.78 Å². The molecule has 1 aromatic rings. The van der Waals surface area contributed by atoms with Gasteiger partial charge in [0, 0.05) is 0 Å². The van der Waals surface area contributed by atoms with Crippen molar-refractivity contribution in [2.24, 2.45) is 0 Å².